The number of aromatic nitrogens is 2. The average molecular weight is 351 g/mol. The van der Waals surface area contributed by atoms with Crippen molar-refractivity contribution >= 4 is 22.9 Å². The highest BCUT2D eigenvalue weighted by Gasteiger charge is 2.23. The number of ether oxygens (including phenoxy) is 1. The third kappa shape index (κ3) is 3.93. The zero-order valence-electron chi connectivity index (χ0n) is 14.2. The van der Waals surface area contributed by atoms with Gasteiger partial charge in [-0.25, -0.2) is 9.37 Å². The van der Waals surface area contributed by atoms with E-state index >= 15 is 0 Å². The normalized spacial score (nSPS) is 11.4. The summed E-state index contributed by atoms with van der Waals surface area (Å²) in [5.74, 6) is -3.12. The second kappa shape index (κ2) is 6.50. The molecule has 2 aromatic heterocycles. The predicted molar refractivity (Wildman–Crippen MR) is 86.8 cm³/mol. The molecule has 2 heterocycles. The predicted octanol–water partition coefficient (Wildman–Crippen LogP) is 0.850. The monoisotopic (exact) mass is 351 g/mol. The number of nitrogens with zero attached hydrogens (tertiary/aromatic N) is 2. The Hall–Kier alpha value is -2.97. The van der Waals surface area contributed by atoms with Gasteiger partial charge in [0.1, 0.15) is 34.9 Å². The number of hydrogen-bond donors (Lipinski definition) is 2. The number of rotatable bonds is 3. The molecule has 0 atom stereocenters. The van der Waals surface area contributed by atoms with Crippen molar-refractivity contribution in [2.24, 2.45) is 7.05 Å². The molecule has 0 saturated heterocycles. The van der Waals surface area contributed by atoms with Crippen LogP contribution >= 0.6 is 0 Å². The van der Waals surface area contributed by atoms with Crippen LogP contribution in [0.2, 0.25) is 0 Å². The number of esters is 1. The average Bonchev–Trinajstić information content (AvgIpc) is 2.49. The molecule has 0 spiro atoms. The van der Waals surface area contributed by atoms with Crippen LogP contribution < -0.4 is 10.9 Å². The quantitative estimate of drug-likeness (QED) is 0.793. The SMILES string of the molecule is Cn1c(=O)c(C(=O)NCC(=O)OC(C)(C)C)c(O)c2cc(F)cnc21. The molecule has 1 amide bonds. The van der Waals surface area contributed by atoms with E-state index in [0.29, 0.717) is 0 Å². The summed E-state index contributed by atoms with van der Waals surface area (Å²) in [5, 5.41) is 12.3. The highest BCUT2D eigenvalue weighted by molar-refractivity contribution is 6.02. The van der Waals surface area contributed by atoms with Crippen LogP contribution in [0.5, 0.6) is 5.75 Å². The van der Waals surface area contributed by atoms with Crippen LogP contribution in [0.4, 0.5) is 4.39 Å². The van der Waals surface area contributed by atoms with Gasteiger partial charge in [0.2, 0.25) is 0 Å². The van der Waals surface area contributed by atoms with E-state index < -0.39 is 46.7 Å². The summed E-state index contributed by atoms with van der Waals surface area (Å²) in [6.45, 7) is 4.51. The smallest absolute Gasteiger partial charge is 0.325 e. The van der Waals surface area contributed by atoms with Crippen LogP contribution in [0.1, 0.15) is 31.1 Å². The number of amides is 1. The number of aryl methyl sites for hydroxylation is 1. The third-order valence-electron chi connectivity index (χ3n) is 3.20. The van der Waals surface area contributed by atoms with Gasteiger partial charge in [0.15, 0.2) is 0 Å². The molecule has 0 aliphatic carbocycles. The van der Waals surface area contributed by atoms with Gasteiger partial charge in [-0.15, -0.1) is 0 Å². The number of pyridine rings is 2. The van der Waals surface area contributed by atoms with Gasteiger partial charge in [0.05, 0.1) is 11.6 Å². The topological polar surface area (TPSA) is 111 Å². The van der Waals surface area contributed by atoms with Crippen molar-refractivity contribution in [3.8, 4) is 5.75 Å². The Bertz CT molecular complexity index is 915. The van der Waals surface area contributed by atoms with Crippen LogP contribution in [-0.2, 0) is 16.6 Å². The van der Waals surface area contributed by atoms with Crippen LogP contribution in [0.25, 0.3) is 11.0 Å². The van der Waals surface area contributed by atoms with Crippen molar-refractivity contribution in [3.63, 3.8) is 0 Å². The standard InChI is InChI=1S/C16H18FN3O5/c1-16(2,3)25-10(21)7-19-14(23)11-12(22)9-5-8(17)6-18-13(9)20(4)15(11)24/h5-6,22H,7H2,1-4H3,(H,19,23). The maximum absolute atomic E-state index is 13.4. The van der Waals surface area contributed by atoms with Gasteiger partial charge in [-0.2, -0.15) is 0 Å². The lowest BCUT2D eigenvalue weighted by Gasteiger charge is -2.19. The molecule has 2 rings (SSSR count). The van der Waals surface area contributed by atoms with Crippen LogP contribution in [0, 0.1) is 5.82 Å². The van der Waals surface area contributed by atoms with Crippen molar-refractivity contribution in [3.05, 3.63) is 34.0 Å². The van der Waals surface area contributed by atoms with Crippen molar-refractivity contribution in [1.82, 2.24) is 14.9 Å². The summed E-state index contributed by atoms with van der Waals surface area (Å²) in [6.07, 6.45) is 0.892. The maximum Gasteiger partial charge on any atom is 0.325 e. The summed E-state index contributed by atoms with van der Waals surface area (Å²) in [4.78, 5) is 39.9. The van der Waals surface area contributed by atoms with E-state index in [0.717, 1.165) is 16.8 Å². The van der Waals surface area contributed by atoms with Crippen molar-refractivity contribution in [2.45, 2.75) is 26.4 Å². The number of carbonyl (C=O) groups is 2. The van der Waals surface area contributed by atoms with E-state index in [-0.39, 0.29) is 11.0 Å². The molecule has 8 nitrogen and oxygen atoms in total. The van der Waals surface area contributed by atoms with Crippen molar-refractivity contribution in [2.75, 3.05) is 6.54 Å². The molecule has 0 aliphatic rings. The van der Waals surface area contributed by atoms with Gasteiger partial charge < -0.3 is 15.2 Å². The minimum Gasteiger partial charge on any atom is -0.506 e. The molecule has 0 aromatic carbocycles. The molecular formula is C16H18FN3O5. The van der Waals surface area contributed by atoms with E-state index in [1.807, 2.05) is 0 Å². The van der Waals surface area contributed by atoms with Crippen molar-refractivity contribution in [1.29, 1.82) is 0 Å². The Balaban J connectivity index is 2.36. The number of carbonyl (C=O) groups excluding carboxylic acids is 2. The van der Waals surface area contributed by atoms with Gasteiger partial charge in [0, 0.05) is 7.05 Å². The molecule has 2 aromatic rings. The first-order chi connectivity index (χ1) is 11.5. The summed E-state index contributed by atoms with van der Waals surface area (Å²) < 4.78 is 19.4. The number of fused-ring (bicyclic) bond motifs is 1. The second-order valence-corrected chi connectivity index (χ2v) is 6.38. The largest absolute Gasteiger partial charge is 0.506 e. The van der Waals surface area contributed by atoms with E-state index in [4.69, 9.17) is 4.74 Å². The molecule has 2 N–H and O–H groups in total. The molecule has 0 unspecified atom stereocenters. The first-order valence-corrected chi connectivity index (χ1v) is 7.38. The highest BCUT2D eigenvalue weighted by atomic mass is 19.1. The van der Waals surface area contributed by atoms with E-state index in [9.17, 15) is 23.9 Å². The number of halogens is 1. The molecule has 25 heavy (non-hydrogen) atoms. The van der Waals surface area contributed by atoms with Gasteiger partial charge in [-0.3, -0.25) is 19.0 Å². The molecule has 0 fully saturated rings. The fourth-order valence-corrected chi connectivity index (χ4v) is 2.20. The summed E-state index contributed by atoms with van der Waals surface area (Å²) >= 11 is 0. The molecular weight excluding hydrogens is 333 g/mol. The summed E-state index contributed by atoms with van der Waals surface area (Å²) in [6, 6.07) is 0.960. The van der Waals surface area contributed by atoms with Crippen LogP contribution in [0.3, 0.4) is 0 Å². The van der Waals surface area contributed by atoms with Gasteiger partial charge in [-0.1, -0.05) is 0 Å². The zero-order valence-corrected chi connectivity index (χ0v) is 14.2. The Morgan fingerprint density at radius 2 is 2.04 bits per heavy atom. The maximum atomic E-state index is 13.4. The molecule has 0 saturated carbocycles. The fraction of sp³-hybridized carbons (Fsp3) is 0.375. The summed E-state index contributed by atoms with van der Waals surface area (Å²) in [5.41, 5.74) is -2.14. The Morgan fingerprint density at radius 3 is 2.64 bits per heavy atom. The van der Waals surface area contributed by atoms with Crippen molar-refractivity contribution < 1.29 is 23.8 Å². The Labute approximate surface area is 142 Å². The number of aromatic hydroxyl groups is 1. The second-order valence-electron chi connectivity index (χ2n) is 6.38. The Morgan fingerprint density at radius 1 is 1.40 bits per heavy atom. The first kappa shape index (κ1) is 18.4. The molecule has 0 aliphatic heterocycles. The molecule has 0 bridgehead atoms. The van der Waals surface area contributed by atoms with Crippen LogP contribution in [0.15, 0.2) is 17.1 Å². The molecule has 134 valence electrons. The van der Waals surface area contributed by atoms with Gasteiger partial charge >= 0.3 is 5.97 Å². The minimum absolute atomic E-state index is 0.0209. The lowest BCUT2D eigenvalue weighted by molar-refractivity contribution is -0.153. The van der Waals surface area contributed by atoms with Crippen LogP contribution in [-0.4, -0.2) is 38.7 Å². The highest BCUT2D eigenvalue weighted by Crippen LogP contribution is 2.25. The zero-order chi connectivity index (χ0) is 18.9. The summed E-state index contributed by atoms with van der Waals surface area (Å²) in [7, 11) is 1.33. The third-order valence-corrected chi connectivity index (χ3v) is 3.20. The van der Waals surface area contributed by atoms with Gasteiger partial charge in [-0.05, 0) is 26.8 Å². The van der Waals surface area contributed by atoms with E-state index in [2.05, 4.69) is 10.3 Å². The van der Waals surface area contributed by atoms with Gasteiger partial charge in [0.25, 0.3) is 11.5 Å². The Kier molecular flexibility index (Phi) is 4.78. The van der Waals surface area contributed by atoms with E-state index in [1.54, 1.807) is 20.8 Å². The minimum atomic E-state index is -0.977. The lowest BCUT2D eigenvalue weighted by Crippen LogP contribution is -2.37. The molecule has 0 radical (unpaired) electrons. The lowest BCUT2D eigenvalue weighted by atomic mass is 10.1. The van der Waals surface area contributed by atoms with E-state index in [1.165, 1.54) is 7.05 Å². The fourth-order valence-electron chi connectivity index (χ4n) is 2.20. The number of nitrogens with one attached hydrogen (secondary N) is 1. The number of hydrogen-bond acceptors (Lipinski definition) is 6. The molecule has 9 heteroatoms. The first-order valence-electron chi connectivity index (χ1n) is 7.38.